The van der Waals surface area contributed by atoms with Crippen molar-refractivity contribution in [2.45, 2.75) is 69.9 Å². The van der Waals surface area contributed by atoms with Crippen molar-refractivity contribution >= 4 is 42.4 Å². The molecular weight excluding hydrogens is 591 g/mol. The number of carboxylic acids is 1. The van der Waals surface area contributed by atoms with Gasteiger partial charge in [0.05, 0.1) is 12.9 Å². The summed E-state index contributed by atoms with van der Waals surface area (Å²) in [5, 5.41) is 21.1. The molecule has 3 heterocycles. The van der Waals surface area contributed by atoms with Gasteiger partial charge in [-0.3, -0.25) is 23.7 Å². The fraction of sp³-hybridized carbons (Fsp3) is 0.538. The molecule has 1 aromatic carbocycles. The van der Waals surface area contributed by atoms with Crippen LogP contribution in [0, 0.1) is 5.92 Å². The van der Waals surface area contributed by atoms with Gasteiger partial charge in [0.1, 0.15) is 28.9 Å². The predicted molar refractivity (Wildman–Crippen MR) is 155 cm³/mol. The first-order chi connectivity index (χ1) is 19.8. The summed E-state index contributed by atoms with van der Waals surface area (Å²) < 4.78 is 35.0. The van der Waals surface area contributed by atoms with Crippen molar-refractivity contribution in [3.8, 4) is 5.75 Å². The van der Waals surface area contributed by atoms with Crippen molar-refractivity contribution in [2.24, 2.45) is 5.92 Å². The van der Waals surface area contributed by atoms with Gasteiger partial charge in [-0.1, -0.05) is 38.5 Å². The summed E-state index contributed by atoms with van der Waals surface area (Å²) in [6.07, 6.45) is -0.705. The SMILES string of the molecule is CCCC(C)CN(C(C)C(=O)O)[P@@](=O)(OC[C@H]1O[C@@H](n2cnc3c(=O)[nH]c(N)nc32)[C@](C)(Cl)[C@@H]1O)Oc1ccccc1. The fourth-order valence-corrected chi connectivity index (χ4v) is 7.23. The Morgan fingerprint density at radius 2 is 2.05 bits per heavy atom. The summed E-state index contributed by atoms with van der Waals surface area (Å²) in [5.74, 6) is -1.18. The number of H-pyrrole nitrogens is 1. The maximum atomic E-state index is 14.5. The van der Waals surface area contributed by atoms with E-state index in [2.05, 4.69) is 15.0 Å². The van der Waals surface area contributed by atoms with Crippen LogP contribution in [0.15, 0.2) is 41.5 Å². The zero-order chi connectivity index (χ0) is 30.8. The molecule has 0 aliphatic carbocycles. The Hall–Kier alpha value is -3.00. The number of aliphatic carboxylic acids is 1. The molecule has 1 fully saturated rings. The largest absolute Gasteiger partial charge is 0.480 e. The molecule has 230 valence electrons. The van der Waals surface area contributed by atoms with Crippen molar-refractivity contribution in [1.29, 1.82) is 0 Å². The average Bonchev–Trinajstić information content (AvgIpc) is 3.44. The Morgan fingerprint density at radius 3 is 2.69 bits per heavy atom. The molecule has 0 amide bonds. The number of halogens is 1. The van der Waals surface area contributed by atoms with Gasteiger partial charge in [-0.05, 0) is 38.3 Å². The van der Waals surface area contributed by atoms with Gasteiger partial charge in [0.15, 0.2) is 17.4 Å². The highest BCUT2D eigenvalue weighted by atomic mass is 35.5. The molecule has 0 radical (unpaired) electrons. The number of imidazole rings is 1. The Balaban J connectivity index is 1.65. The van der Waals surface area contributed by atoms with Gasteiger partial charge in [-0.2, -0.15) is 9.65 Å². The maximum absolute atomic E-state index is 14.5. The third-order valence-electron chi connectivity index (χ3n) is 7.19. The number of aliphatic hydroxyl groups is 1. The molecule has 0 spiro atoms. The number of para-hydroxylation sites is 1. The summed E-state index contributed by atoms with van der Waals surface area (Å²) in [7, 11) is -4.37. The number of carbonyl (C=O) groups is 1. The number of alkyl halides is 1. The van der Waals surface area contributed by atoms with Crippen LogP contribution in [0.2, 0.25) is 0 Å². The molecular formula is C26H36ClN6O8P. The monoisotopic (exact) mass is 626 g/mol. The van der Waals surface area contributed by atoms with Gasteiger partial charge in [-0.25, -0.2) is 9.55 Å². The average molecular weight is 627 g/mol. The standard InChI is InChI=1S/C26H36ClN6O8P/c1-5-9-15(2)12-33(16(3)23(36)37)42(38,41-17-10-7-6-8-11-17)39-13-18-20(34)26(4,27)24(40-18)32-14-29-19-21(32)30-25(28)31-22(19)35/h6-8,10-11,14-16,18,20,24,34H,5,9,12-13H2,1-4H3,(H,36,37)(H3,28,30,31,35)/t15?,16?,18-,20-,24-,26-,42-/m1/s1. The molecule has 7 atom stereocenters. The minimum absolute atomic E-state index is 0.00489. The maximum Gasteiger partial charge on any atom is 0.462 e. The highest BCUT2D eigenvalue weighted by Crippen LogP contribution is 2.55. The molecule has 1 aliphatic rings. The van der Waals surface area contributed by atoms with E-state index in [9.17, 15) is 24.4 Å². The minimum atomic E-state index is -4.37. The van der Waals surface area contributed by atoms with E-state index in [1.54, 1.807) is 30.3 Å². The topological polar surface area (TPSA) is 195 Å². The van der Waals surface area contributed by atoms with Gasteiger partial charge in [0, 0.05) is 6.54 Å². The van der Waals surface area contributed by atoms with Crippen molar-refractivity contribution in [3.05, 3.63) is 47.0 Å². The molecule has 1 aliphatic heterocycles. The van der Waals surface area contributed by atoms with Crippen LogP contribution in [0.4, 0.5) is 5.95 Å². The number of aromatic nitrogens is 4. The van der Waals surface area contributed by atoms with E-state index in [0.717, 1.165) is 12.8 Å². The van der Waals surface area contributed by atoms with Crippen LogP contribution in [0.5, 0.6) is 5.75 Å². The number of aromatic amines is 1. The fourth-order valence-electron chi connectivity index (χ4n) is 4.90. The second-order valence-electron chi connectivity index (χ2n) is 10.6. The van der Waals surface area contributed by atoms with Crippen LogP contribution in [0.1, 0.15) is 46.8 Å². The van der Waals surface area contributed by atoms with Gasteiger partial charge < -0.3 is 25.2 Å². The molecule has 1 saturated heterocycles. The number of hydrogen-bond acceptors (Lipinski definition) is 10. The van der Waals surface area contributed by atoms with E-state index < -0.39 is 55.2 Å². The number of ether oxygens (including phenoxy) is 1. The van der Waals surface area contributed by atoms with E-state index in [4.69, 9.17) is 31.1 Å². The third-order valence-corrected chi connectivity index (χ3v) is 9.65. The number of nitrogens with two attached hydrogens (primary N) is 1. The second-order valence-corrected chi connectivity index (χ2v) is 13.3. The van der Waals surface area contributed by atoms with Crippen LogP contribution in [-0.4, -0.2) is 76.6 Å². The molecule has 3 aromatic rings. The predicted octanol–water partition coefficient (Wildman–Crippen LogP) is 3.37. The molecule has 0 saturated carbocycles. The smallest absolute Gasteiger partial charge is 0.462 e. The Labute approximate surface area is 247 Å². The number of anilines is 1. The summed E-state index contributed by atoms with van der Waals surface area (Å²) in [6.45, 7) is 6.49. The first kappa shape index (κ1) is 31.9. The van der Waals surface area contributed by atoms with Crippen molar-refractivity contribution in [2.75, 3.05) is 18.9 Å². The van der Waals surface area contributed by atoms with Crippen LogP contribution >= 0.6 is 19.3 Å². The number of nitrogens with one attached hydrogen (secondary N) is 1. The van der Waals surface area contributed by atoms with Crippen molar-refractivity contribution in [1.82, 2.24) is 24.2 Å². The number of benzene rings is 1. The van der Waals surface area contributed by atoms with E-state index in [0.29, 0.717) is 0 Å². The van der Waals surface area contributed by atoms with Crippen molar-refractivity contribution < 1.29 is 33.4 Å². The molecule has 16 heteroatoms. The number of fused-ring (bicyclic) bond motifs is 1. The number of aliphatic hydroxyl groups excluding tert-OH is 1. The van der Waals surface area contributed by atoms with Gasteiger partial charge in [0.25, 0.3) is 5.56 Å². The lowest BCUT2D eigenvalue weighted by Crippen LogP contribution is -2.42. The van der Waals surface area contributed by atoms with Gasteiger partial charge in [0.2, 0.25) is 5.95 Å². The van der Waals surface area contributed by atoms with Crippen LogP contribution < -0.4 is 15.8 Å². The highest BCUT2D eigenvalue weighted by Gasteiger charge is 2.54. The first-order valence-electron chi connectivity index (χ1n) is 13.5. The molecule has 2 aromatic heterocycles. The molecule has 42 heavy (non-hydrogen) atoms. The number of hydrogen-bond donors (Lipinski definition) is 4. The van der Waals surface area contributed by atoms with E-state index in [-0.39, 0.29) is 35.3 Å². The van der Waals surface area contributed by atoms with Crippen LogP contribution in [-0.2, 0) is 18.6 Å². The molecule has 2 unspecified atom stereocenters. The lowest BCUT2D eigenvalue weighted by Gasteiger charge is -2.35. The summed E-state index contributed by atoms with van der Waals surface area (Å²) in [4.78, 5) is 33.5. The minimum Gasteiger partial charge on any atom is -0.480 e. The van der Waals surface area contributed by atoms with E-state index in [1.807, 2.05) is 13.8 Å². The number of nitrogens with zero attached hydrogens (tertiary/aromatic N) is 4. The second kappa shape index (κ2) is 12.7. The van der Waals surface area contributed by atoms with Crippen LogP contribution in [0.25, 0.3) is 11.2 Å². The normalized spacial score (nSPS) is 25.4. The van der Waals surface area contributed by atoms with Crippen LogP contribution in [0.3, 0.4) is 0 Å². The zero-order valence-corrected chi connectivity index (χ0v) is 25.4. The zero-order valence-electron chi connectivity index (χ0n) is 23.7. The summed E-state index contributed by atoms with van der Waals surface area (Å²) in [6, 6.07) is 7.03. The third kappa shape index (κ3) is 6.48. The first-order valence-corrected chi connectivity index (χ1v) is 15.4. The van der Waals surface area contributed by atoms with Crippen molar-refractivity contribution in [3.63, 3.8) is 0 Å². The molecule has 5 N–H and O–H groups in total. The summed E-state index contributed by atoms with van der Waals surface area (Å²) >= 11 is 6.78. The molecule has 0 bridgehead atoms. The Bertz CT molecular complexity index is 1500. The highest BCUT2D eigenvalue weighted by molar-refractivity contribution is 7.51. The lowest BCUT2D eigenvalue weighted by atomic mass is 10.0. The van der Waals surface area contributed by atoms with E-state index >= 15 is 0 Å². The number of carboxylic acid groups (broad SMARTS) is 1. The molecule has 14 nitrogen and oxygen atoms in total. The van der Waals surface area contributed by atoms with Gasteiger partial charge in [-0.15, -0.1) is 11.6 Å². The molecule has 4 rings (SSSR count). The summed E-state index contributed by atoms with van der Waals surface area (Å²) in [5.41, 5.74) is 5.24. The Morgan fingerprint density at radius 1 is 1.36 bits per heavy atom. The number of nitrogen functional groups attached to an aromatic ring is 1. The van der Waals surface area contributed by atoms with E-state index in [1.165, 1.54) is 29.4 Å². The number of rotatable bonds is 13. The Kier molecular flexibility index (Phi) is 9.65. The quantitative estimate of drug-likeness (QED) is 0.160. The van der Waals surface area contributed by atoms with Gasteiger partial charge >= 0.3 is 13.7 Å². The lowest BCUT2D eigenvalue weighted by molar-refractivity contribution is -0.141.